The van der Waals surface area contributed by atoms with Crippen molar-refractivity contribution in [2.24, 2.45) is 28.8 Å². The van der Waals surface area contributed by atoms with Crippen LogP contribution < -0.4 is 0 Å². The number of carbonyl (C=O) groups excluding carboxylic acids is 1. The van der Waals surface area contributed by atoms with E-state index in [1.54, 1.807) is 21.0 Å². The largest absolute Gasteiger partial charge is 0.459 e. The van der Waals surface area contributed by atoms with E-state index in [0.717, 1.165) is 0 Å². The Morgan fingerprint density at radius 3 is 2.31 bits per heavy atom. The second-order valence-electron chi connectivity index (χ2n) is 10.6. The van der Waals surface area contributed by atoms with Crippen LogP contribution in [0.2, 0.25) is 0 Å². The molecule has 0 amide bonds. The van der Waals surface area contributed by atoms with E-state index in [1.807, 2.05) is 27.0 Å². The van der Waals surface area contributed by atoms with Crippen molar-refractivity contribution in [3.63, 3.8) is 0 Å². The highest BCUT2D eigenvalue weighted by atomic mass is 32.2. The van der Waals surface area contributed by atoms with Crippen LogP contribution in [0.5, 0.6) is 0 Å². The van der Waals surface area contributed by atoms with Crippen molar-refractivity contribution in [2.45, 2.75) is 97.2 Å². The molecule has 0 radical (unpaired) electrons. The van der Waals surface area contributed by atoms with Gasteiger partial charge in [-0.1, -0.05) is 32.9 Å². The van der Waals surface area contributed by atoms with Crippen molar-refractivity contribution in [1.82, 2.24) is 0 Å². The quantitative estimate of drug-likeness (QED) is 0.207. The topological polar surface area (TPSA) is 116 Å². The smallest absolute Gasteiger partial charge is 0.311 e. The Morgan fingerprint density at radius 1 is 1.14 bits per heavy atom. The lowest BCUT2D eigenvalue weighted by atomic mass is 9.75. The summed E-state index contributed by atoms with van der Waals surface area (Å²) in [7, 11) is 3.17. The number of rotatable bonds is 8. The van der Waals surface area contributed by atoms with Crippen LogP contribution in [0.25, 0.3) is 0 Å². The molecule has 0 bridgehead atoms. The summed E-state index contributed by atoms with van der Waals surface area (Å²) in [6.45, 7) is 12.9. The van der Waals surface area contributed by atoms with Gasteiger partial charge in [-0.05, 0) is 52.2 Å². The van der Waals surface area contributed by atoms with Crippen LogP contribution in [0, 0.1) is 23.7 Å². The molecule has 0 aromatic rings. The number of hydrogen-bond donors (Lipinski definition) is 2. The van der Waals surface area contributed by atoms with Gasteiger partial charge < -0.3 is 34.0 Å². The number of esters is 1. The highest BCUT2D eigenvalue weighted by molar-refractivity contribution is 7.98. The van der Waals surface area contributed by atoms with E-state index >= 15 is 0 Å². The molecular formula is C26H49NO8S. The van der Waals surface area contributed by atoms with E-state index in [4.69, 9.17) is 23.8 Å². The fraction of sp³-hybridized carbons (Fsp3) is 0.923. The van der Waals surface area contributed by atoms with Gasteiger partial charge in [0.1, 0.15) is 11.7 Å². The summed E-state index contributed by atoms with van der Waals surface area (Å²) in [5.41, 5.74) is -1.74. The molecule has 0 spiro atoms. The van der Waals surface area contributed by atoms with Crippen molar-refractivity contribution < 1.29 is 38.8 Å². The molecule has 0 unspecified atom stereocenters. The maximum atomic E-state index is 13.3. The number of hydrogen-bond acceptors (Lipinski definition) is 10. The number of cyclic esters (lactones) is 1. The first-order chi connectivity index (χ1) is 16.8. The lowest BCUT2D eigenvalue weighted by Gasteiger charge is -2.42. The molecule has 9 atom stereocenters. The van der Waals surface area contributed by atoms with Crippen molar-refractivity contribution in [3.05, 3.63) is 0 Å². The first kappa shape index (κ1) is 33.1. The van der Waals surface area contributed by atoms with E-state index in [1.165, 1.54) is 25.8 Å². The van der Waals surface area contributed by atoms with Gasteiger partial charge in [0, 0.05) is 26.1 Å². The van der Waals surface area contributed by atoms with E-state index in [-0.39, 0.29) is 18.6 Å². The van der Waals surface area contributed by atoms with Gasteiger partial charge in [0.25, 0.3) is 0 Å². The SMILES string of the molecule is CC[C@H]1OC(=O)[C@H](C)[C@@H](OCSC)[C@H](C)C[C@](C)(OC)C[C@@H](C)/C(=N\OCOC)[C@H](C)[C@@H](O)[C@]1(C)O. The maximum Gasteiger partial charge on any atom is 0.311 e. The Bertz CT molecular complexity index is 705. The minimum absolute atomic E-state index is 0.0338. The van der Waals surface area contributed by atoms with Gasteiger partial charge in [0.15, 0.2) is 0 Å². The number of oxime groups is 1. The molecule has 10 heteroatoms. The van der Waals surface area contributed by atoms with Crippen LogP contribution in [0.1, 0.15) is 67.7 Å². The number of carbonyl (C=O) groups is 1. The lowest BCUT2D eigenvalue weighted by Crippen LogP contribution is -2.56. The highest BCUT2D eigenvalue weighted by Gasteiger charge is 2.47. The Hall–Kier alpha value is -0.910. The lowest BCUT2D eigenvalue weighted by molar-refractivity contribution is -0.190. The molecule has 1 saturated heterocycles. The van der Waals surface area contributed by atoms with Crippen molar-refractivity contribution in [1.29, 1.82) is 0 Å². The first-order valence-electron chi connectivity index (χ1n) is 12.7. The third-order valence-electron chi connectivity index (χ3n) is 7.45. The van der Waals surface area contributed by atoms with Crippen LogP contribution >= 0.6 is 11.8 Å². The molecule has 0 saturated carbocycles. The van der Waals surface area contributed by atoms with Gasteiger partial charge in [-0.2, -0.15) is 0 Å². The second-order valence-corrected chi connectivity index (χ2v) is 11.4. The number of thioether (sulfide) groups is 1. The van der Waals surface area contributed by atoms with Gasteiger partial charge in [-0.15, -0.1) is 11.8 Å². The summed E-state index contributed by atoms with van der Waals surface area (Å²) in [6, 6.07) is 0. The maximum absolute atomic E-state index is 13.3. The molecule has 0 aliphatic carbocycles. The van der Waals surface area contributed by atoms with Crippen LogP contribution in [0.4, 0.5) is 0 Å². The zero-order valence-corrected chi connectivity index (χ0v) is 24.6. The molecule has 1 heterocycles. The normalized spacial score (nSPS) is 40.5. The van der Waals surface area contributed by atoms with Gasteiger partial charge in [0.05, 0.1) is 35.4 Å². The minimum atomic E-state index is -1.73. The molecule has 1 fully saturated rings. The van der Waals surface area contributed by atoms with Gasteiger partial charge in [0.2, 0.25) is 6.79 Å². The molecular weight excluding hydrogens is 486 g/mol. The molecule has 0 aromatic heterocycles. The molecule has 2 N–H and O–H groups in total. The van der Waals surface area contributed by atoms with E-state index < -0.39 is 47.3 Å². The number of aliphatic hydroxyl groups is 2. The number of aliphatic hydroxyl groups excluding tert-OH is 1. The summed E-state index contributed by atoms with van der Waals surface area (Å²) >= 11 is 1.54. The Labute approximate surface area is 221 Å². The standard InChI is InChI=1S/C26H49NO8S/c1-11-20-26(7,30)23(28)18(4)21(27-34-14-31-8)16(2)12-25(6,32-9)13-17(3)22(33-15-36-10)19(5)24(29)35-20/h16-20,22-23,28,30H,11-15H2,1-10H3/b27-21+/t16-,17-,18+,19-,20-,22+,23-,25-,26-/m1/s1. The van der Waals surface area contributed by atoms with Crippen molar-refractivity contribution >= 4 is 23.4 Å². The summed E-state index contributed by atoms with van der Waals surface area (Å²) < 4.78 is 22.9. The van der Waals surface area contributed by atoms with E-state index in [2.05, 4.69) is 12.1 Å². The predicted octanol–water partition coefficient (Wildman–Crippen LogP) is 3.85. The van der Waals surface area contributed by atoms with Crippen LogP contribution in [0.3, 0.4) is 0 Å². The van der Waals surface area contributed by atoms with Crippen molar-refractivity contribution in [3.8, 4) is 0 Å². The second kappa shape index (κ2) is 14.9. The monoisotopic (exact) mass is 535 g/mol. The summed E-state index contributed by atoms with van der Waals surface area (Å²) in [5.74, 6) is -1.40. The van der Waals surface area contributed by atoms with Crippen molar-refractivity contribution in [2.75, 3.05) is 33.2 Å². The number of methoxy groups -OCH3 is 2. The molecule has 0 aromatic carbocycles. The van der Waals surface area contributed by atoms with Crippen LogP contribution in [-0.4, -0.2) is 84.6 Å². The molecule has 1 aliphatic heterocycles. The minimum Gasteiger partial charge on any atom is -0.459 e. The highest BCUT2D eigenvalue weighted by Crippen LogP contribution is 2.36. The molecule has 212 valence electrons. The summed E-state index contributed by atoms with van der Waals surface area (Å²) in [5, 5.41) is 27.1. The van der Waals surface area contributed by atoms with E-state index in [0.29, 0.717) is 30.9 Å². The Kier molecular flexibility index (Phi) is 13.7. The third kappa shape index (κ3) is 8.56. The molecule has 9 nitrogen and oxygen atoms in total. The first-order valence-corrected chi connectivity index (χ1v) is 14.1. The summed E-state index contributed by atoms with van der Waals surface area (Å²) in [4.78, 5) is 18.6. The molecule has 1 rings (SSSR count). The van der Waals surface area contributed by atoms with E-state index in [9.17, 15) is 15.0 Å². The average molecular weight is 536 g/mol. The molecule has 1 aliphatic rings. The number of nitrogens with zero attached hydrogens (tertiary/aromatic N) is 1. The predicted molar refractivity (Wildman–Crippen MR) is 142 cm³/mol. The summed E-state index contributed by atoms with van der Waals surface area (Å²) in [6.07, 6.45) is 0.849. The molecule has 36 heavy (non-hydrogen) atoms. The number of ether oxygens (including phenoxy) is 4. The van der Waals surface area contributed by atoms with Crippen LogP contribution in [0.15, 0.2) is 5.16 Å². The van der Waals surface area contributed by atoms with Gasteiger partial charge in [-0.25, -0.2) is 0 Å². The van der Waals surface area contributed by atoms with Gasteiger partial charge >= 0.3 is 5.97 Å². The van der Waals surface area contributed by atoms with Gasteiger partial charge in [-0.3, -0.25) is 4.79 Å². The average Bonchev–Trinajstić information content (AvgIpc) is 2.83. The zero-order chi connectivity index (χ0) is 27.7. The fourth-order valence-corrected chi connectivity index (χ4v) is 5.67. The van der Waals surface area contributed by atoms with Crippen LogP contribution in [-0.2, 0) is 28.6 Å². The fourth-order valence-electron chi connectivity index (χ4n) is 5.38. The Balaban J connectivity index is 3.59. The third-order valence-corrected chi connectivity index (χ3v) is 7.83. The Morgan fingerprint density at radius 2 is 1.78 bits per heavy atom. The zero-order valence-electron chi connectivity index (χ0n) is 23.8.